The van der Waals surface area contributed by atoms with Crippen LogP contribution in [0.5, 0.6) is 0 Å². The van der Waals surface area contributed by atoms with Gasteiger partial charge in [0.2, 0.25) is 0 Å². The number of pyridine rings is 1. The number of rotatable bonds is 4. The van der Waals surface area contributed by atoms with Crippen LogP contribution in [-0.2, 0) is 10.0 Å². The highest BCUT2D eigenvalue weighted by atomic mass is 32.2. The molecule has 8 heteroatoms. The Kier molecular flexibility index (Phi) is 5.02. The quantitative estimate of drug-likeness (QED) is 0.715. The molecule has 148 valence electrons. The van der Waals surface area contributed by atoms with Crippen LogP contribution in [0.3, 0.4) is 0 Å². The number of amidine groups is 1. The van der Waals surface area contributed by atoms with Crippen molar-refractivity contribution in [3.63, 3.8) is 0 Å². The maximum atomic E-state index is 12.7. The number of aromatic nitrogens is 1. The van der Waals surface area contributed by atoms with E-state index in [1.165, 1.54) is 12.1 Å². The number of benzene rings is 2. The van der Waals surface area contributed by atoms with Crippen molar-refractivity contribution in [3.8, 4) is 0 Å². The summed E-state index contributed by atoms with van der Waals surface area (Å²) in [5.74, 6) is 0.291. The van der Waals surface area contributed by atoms with Crippen molar-refractivity contribution in [2.45, 2.75) is 17.7 Å². The SMILES string of the molecule is CN1CCC/C1=N\S(=O)(=O)c1ccc(NC(=O)c2ccnc3ccccc23)cc1. The van der Waals surface area contributed by atoms with Crippen molar-refractivity contribution in [1.82, 2.24) is 9.88 Å². The fraction of sp³-hybridized carbons (Fsp3) is 0.190. The Bertz CT molecular complexity index is 1200. The zero-order chi connectivity index (χ0) is 20.4. The van der Waals surface area contributed by atoms with Crippen LogP contribution in [0, 0.1) is 0 Å². The number of likely N-dealkylation sites (tertiary alicyclic amines) is 1. The van der Waals surface area contributed by atoms with Gasteiger partial charge in [-0.1, -0.05) is 18.2 Å². The largest absolute Gasteiger partial charge is 0.362 e. The standard InChI is InChI=1S/C21H20N4O3S/c1-25-14-4-7-20(25)24-29(27,28)16-10-8-15(9-11-16)23-21(26)18-12-13-22-19-6-3-2-5-17(18)19/h2-3,5-6,8-13H,4,7,14H2,1H3,(H,23,26)/b24-20+. The van der Waals surface area contributed by atoms with E-state index in [0.717, 1.165) is 23.9 Å². The van der Waals surface area contributed by atoms with Gasteiger partial charge < -0.3 is 10.2 Å². The minimum atomic E-state index is -3.78. The van der Waals surface area contributed by atoms with Crippen LogP contribution in [0.4, 0.5) is 5.69 Å². The number of para-hydroxylation sites is 1. The second kappa shape index (κ2) is 7.63. The van der Waals surface area contributed by atoms with Gasteiger partial charge in [-0.25, -0.2) is 0 Å². The normalized spacial score (nSPS) is 15.8. The molecule has 0 atom stereocenters. The van der Waals surface area contributed by atoms with E-state index in [4.69, 9.17) is 0 Å². The lowest BCUT2D eigenvalue weighted by molar-refractivity contribution is 0.102. The van der Waals surface area contributed by atoms with Crippen LogP contribution in [0.25, 0.3) is 10.9 Å². The number of nitrogens with one attached hydrogen (secondary N) is 1. The van der Waals surface area contributed by atoms with E-state index < -0.39 is 10.0 Å². The number of carbonyl (C=O) groups excluding carboxylic acids is 1. The number of hydrogen-bond acceptors (Lipinski definition) is 4. The van der Waals surface area contributed by atoms with E-state index >= 15 is 0 Å². The lowest BCUT2D eigenvalue weighted by atomic mass is 10.1. The van der Waals surface area contributed by atoms with E-state index in [9.17, 15) is 13.2 Å². The third kappa shape index (κ3) is 3.97. The van der Waals surface area contributed by atoms with Gasteiger partial charge >= 0.3 is 0 Å². The highest BCUT2D eigenvalue weighted by Gasteiger charge is 2.20. The molecule has 1 fully saturated rings. The van der Waals surface area contributed by atoms with Gasteiger partial charge in [0.25, 0.3) is 15.9 Å². The molecule has 29 heavy (non-hydrogen) atoms. The number of sulfonamides is 1. The molecule has 0 bridgehead atoms. The van der Waals surface area contributed by atoms with Crippen LogP contribution < -0.4 is 5.32 Å². The minimum Gasteiger partial charge on any atom is -0.362 e. The zero-order valence-corrected chi connectivity index (χ0v) is 16.7. The van der Waals surface area contributed by atoms with Crippen molar-refractivity contribution in [2.75, 3.05) is 18.9 Å². The van der Waals surface area contributed by atoms with Gasteiger partial charge in [-0.05, 0) is 42.8 Å². The predicted octanol–water partition coefficient (Wildman–Crippen LogP) is 3.30. The van der Waals surface area contributed by atoms with Gasteiger partial charge in [-0.3, -0.25) is 9.78 Å². The van der Waals surface area contributed by atoms with Crippen molar-refractivity contribution in [1.29, 1.82) is 0 Å². The first kappa shape index (κ1) is 19.1. The number of anilines is 1. The van der Waals surface area contributed by atoms with Gasteiger partial charge in [0.15, 0.2) is 0 Å². The minimum absolute atomic E-state index is 0.0951. The lowest BCUT2D eigenvalue weighted by Crippen LogP contribution is -2.20. The van der Waals surface area contributed by atoms with Crippen molar-refractivity contribution in [2.24, 2.45) is 4.40 Å². The highest BCUT2D eigenvalue weighted by Crippen LogP contribution is 2.21. The number of amides is 1. The van der Waals surface area contributed by atoms with E-state index in [-0.39, 0.29) is 10.8 Å². The van der Waals surface area contributed by atoms with E-state index in [2.05, 4.69) is 14.7 Å². The van der Waals surface area contributed by atoms with Crippen LogP contribution in [0.1, 0.15) is 23.2 Å². The zero-order valence-electron chi connectivity index (χ0n) is 15.9. The van der Waals surface area contributed by atoms with Crippen LogP contribution in [-0.4, -0.2) is 43.6 Å². The lowest BCUT2D eigenvalue weighted by Gasteiger charge is -2.11. The Labute approximate surface area is 169 Å². The Morgan fingerprint density at radius 1 is 1.10 bits per heavy atom. The van der Waals surface area contributed by atoms with Gasteiger partial charge in [0, 0.05) is 37.3 Å². The summed E-state index contributed by atoms with van der Waals surface area (Å²) >= 11 is 0. The Morgan fingerprint density at radius 3 is 2.59 bits per heavy atom. The predicted molar refractivity (Wildman–Crippen MR) is 113 cm³/mol. The monoisotopic (exact) mass is 408 g/mol. The molecule has 0 saturated carbocycles. The molecule has 0 spiro atoms. The van der Waals surface area contributed by atoms with Gasteiger partial charge in [0.05, 0.1) is 16.0 Å². The third-order valence-corrected chi connectivity index (χ3v) is 6.18. The van der Waals surface area contributed by atoms with E-state index in [1.54, 1.807) is 24.4 Å². The summed E-state index contributed by atoms with van der Waals surface area (Å²) in [7, 11) is -1.94. The molecule has 1 aliphatic heterocycles. The molecule has 1 amide bonds. The average Bonchev–Trinajstić information content (AvgIpc) is 3.11. The molecule has 1 saturated heterocycles. The van der Waals surface area contributed by atoms with Gasteiger partial charge in [-0.2, -0.15) is 8.42 Å². The molecule has 0 unspecified atom stereocenters. The Balaban J connectivity index is 1.54. The number of carbonyl (C=O) groups is 1. The Hall–Kier alpha value is -3.26. The van der Waals surface area contributed by atoms with E-state index in [1.807, 2.05) is 36.2 Å². The van der Waals surface area contributed by atoms with Crippen LogP contribution in [0.15, 0.2) is 70.1 Å². The van der Waals surface area contributed by atoms with Crippen LogP contribution in [0.2, 0.25) is 0 Å². The van der Waals surface area contributed by atoms with Crippen molar-refractivity contribution >= 4 is 38.4 Å². The summed E-state index contributed by atoms with van der Waals surface area (Å²) in [5, 5.41) is 3.56. The maximum absolute atomic E-state index is 12.7. The fourth-order valence-electron chi connectivity index (χ4n) is 3.30. The fourth-order valence-corrected chi connectivity index (χ4v) is 4.40. The van der Waals surface area contributed by atoms with Gasteiger partial charge in [-0.15, -0.1) is 4.40 Å². The smallest absolute Gasteiger partial charge is 0.283 e. The number of nitrogens with zero attached hydrogens (tertiary/aromatic N) is 3. The first-order valence-electron chi connectivity index (χ1n) is 9.24. The van der Waals surface area contributed by atoms with E-state index in [0.29, 0.717) is 23.5 Å². The molecule has 3 aromatic rings. The van der Waals surface area contributed by atoms with Gasteiger partial charge in [0.1, 0.15) is 5.84 Å². The summed E-state index contributed by atoms with van der Waals surface area (Å²) in [5.41, 5.74) is 1.74. The van der Waals surface area contributed by atoms with Crippen molar-refractivity contribution < 1.29 is 13.2 Å². The van der Waals surface area contributed by atoms with Crippen molar-refractivity contribution in [3.05, 3.63) is 66.4 Å². The number of fused-ring (bicyclic) bond motifs is 1. The molecule has 1 N–H and O–H groups in total. The molecule has 2 heterocycles. The molecule has 4 rings (SSSR count). The summed E-state index contributed by atoms with van der Waals surface area (Å²) in [6.45, 7) is 0.809. The molecule has 7 nitrogen and oxygen atoms in total. The third-order valence-electron chi connectivity index (χ3n) is 4.86. The molecule has 2 aromatic carbocycles. The molecule has 1 aromatic heterocycles. The Morgan fingerprint density at radius 2 is 1.86 bits per heavy atom. The molecular weight excluding hydrogens is 388 g/mol. The van der Waals surface area contributed by atoms with Crippen LogP contribution >= 0.6 is 0 Å². The molecule has 0 radical (unpaired) electrons. The summed E-state index contributed by atoms with van der Waals surface area (Å²) in [4.78, 5) is 18.9. The molecule has 1 aliphatic rings. The maximum Gasteiger partial charge on any atom is 0.283 e. The highest BCUT2D eigenvalue weighted by molar-refractivity contribution is 7.90. The topological polar surface area (TPSA) is 91.7 Å². The number of hydrogen-bond donors (Lipinski definition) is 1. The summed E-state index contributed by atoms with van der Waals surface area (Å²) < 4.78 is 29.0. The molecular formula is C21H20N4O3S. The first-order valence-corrected chi connectivity index (χ1v) is 10.7. The average molecular weight is 408 g/mol. The second-order valence-corrected chi connectivity index (χ2v) is 8.47. The first-order chi connectivity index (χ1) is 13.9. The second-order valence-electron chi connectivity index (χ2n) is 6.86. The summed E-state index contributed by atoms with van der Waals surface area (Å²) in [6, 6.07) is 15.1. The summed E-state index contributed by atoms with van der Waals surface area (Å²) in [6.07, 6.45) is 3.15. The molecule has 0 aliphatic carbocycles.